The Morgan fingerprint density at radius 1 is 1.36 bits per heavy atom. The molecule has 0 unspecified atom stereocenters. The van der Waals surface area contributed by atoms with Crippen LogP contribution in [0.15, 0.2) is 0 Å². The van der Waals surface area contributed by atoms with Crippen LogP contribution in [0.1, 0.15) is 19.3 Å². The van der Waals surface area contributed by atoms with E-state index in [0.29, 0.717) is 6.42 Å². The van der Waals surface area contributed by atoms with E-state index in [0.717, 1.165) is 12.8 Å². The predicted octanol–water partition coefficient (Wildman–Crippen LogP) is 0.511. The second-order valence-electron chi connectivity index (χ2n) is 3.83. The van der Waals surface area contributed by atoms with Crippen LogP contribution in [0.5, 0.6) is 0 Å². The lowest BCUT2D eigenvalue weighted by Gasteiger charge is -2.20. The van der Waals surface area contributed by atoms with Gasteiger partial charge < -0.3 is 15.3 Å². The second kappa shape index (κ2) is 4.30. The van der Waals surface area contributed by atoms with Crippen LogP contribution < -0.4 is 5.32 Å². The largest absolute Gasteiger partial charge is 0.481 e. The van der Waals surface area contributed by atoms with E-state index >= 15 is 0 Å². The third-order valence-corrected chi connectivity index (χ3v) is 2.55. The van der Waals surface area contributed by atoms with Gasteiger partial charge in [-0.3, -0.25) is 4.79 Å². The molecule has 0 aromatic carbocycles. The number of urea groups is 1. The van der Waals surface area contributed by atoms with Crippen molar-refractivity contribution in [3.05, 3.63) is 0 Å². The Labute approximate surface area is 83.1 Å². The highest BCUT2D eigenvalue weighted by Gasteiger charge is 2.33. The molecule has 0 heterocycles. The normalized spacial score (nSPS) is 25.9. The molecular formula is C9H16N2O3. The molecule has 0 saturated heterocycles. The van der Waals surface area contributed by atoms with Crippen molar-refractivity contribution in [2.45, 2.75) is 25.3 Å². The van der Waals surface area contributed by atoms with E-state index in [1.807, 2.05) is 0 Å². The topological polar surface area (TPSA) is 69.6 Å². The molecule has 2 N–H and O–H groups in total. The van der Waals surface area contributed by atoms with Crippen molar-refractivity contribution in [1.82, 2.24) is 10.2 Å². The molecule has 2 atom stereocenters. The Balaban J connectivity index is 2.51. The predicted molar refractivity (Wildman–Crippen MR) is 51.0 cm³/mol. The summed E-state index contributed by atoms with van der Waals surface area (Å²) in [5, 5.41) is 11.6. The summed E-state index contributed by atoms with van der Waals surface area (Å²) in [6.07, 6.45) is 2.29. The van der Waals surface area contributed by atoms with Crippen LogP contribution in [0.25, 0.3) is 0 Å². The number of nitrogens with zero attached hydrogens (tertiary/aromatic N) is 1. The van der Waals surface area contributed by atoms with E-state index in [-0.39, 0.29) is 12.1 Å². The van der Waals surface area contributed by atoms with E-state index < -0.39 is 11.9 Å². The number of hydrogen-bond donors (Lipinski definition) is 2. The van der Waals surface area contributed by atoms with Gasteiger partial charge in [-0.15, -0.1) is 0 Å². The maximum Gasteiger partial charge on any atom is 0.317 e. The first kappa shape index (κ1) is 10.8. The zero-order chi connectivity index (χ0) is 10.7. The minimum atomic E-state index is -0.813. The maximum atomic E-state index is 11.3. The molecule has 80 valence electrons. The minimum Gasteiger partial charge on any atom is -0.481 e. The van der Waals surface area contributed by atoms with Crippen LogP contribution in [0.2, 0.25) is 0 Å². The van der Waals surface area contributed by atoms with Crippen molar-refractivity contribution in [2.75, 3.05) is 14.1 Å². The van der Waals surface area contributed by atoms with Gasteiger partial charge in [0.15, 0.2) is 0 Å². The Morgan fingerprint density at radius 3 is 2.50 bits per heavy atom. The first-order chi connectivity index (χ1) is 6.52. The second-order valence-corrected chi connectivity index (χ2v) is 3.83. The highest BCUT2D eigenvalue weighted by Crippen LogP contribution is 2.25. The van der Waals surface area contributed by atoms with E-state index in [1.54, 1.807) is 14.1 Å². The number of hydrogen-bond acceptors (Lipinski definition) is 2. The van der Waals surface area contributed by atoms with Crippen molar-refractivity contribution in [1.29, 1.82) is 0 Å². The number of amides is 2. The maximum absolute atomic E-state index is 11.3. The molecule has 0 bridgehead atoms. The van der Waals surface area contributed by atoms with Crippen molar-refractivity contribution < 1.29 is 14.7 Å². The van der Waals surface area contributed by atoms with Crippen LogP contribution in [0.3, 0.4) is 0 Å². The van der Waals surface area contributed by atoms with Gasteiger partial charge in [-0.1, -0.05) is 6.42 Å². The summed E-state index contributed by atoms with van der Waals surface area (Å²) in [6, 6.07) is -0.425. The summed E-state index contributed by atoms with van der Waals surface area (Å²) in [4.78, 5) is 23.5. The monoisotopic (exact) mass is 200 g/mol. The average Bonchev–Trinajstić information content (AvgIpc) is 2.52. The number of carboxylic acids is 1. The van der Waals surface area contributed by atoms with Crippen molar-refractivity contribution in [3.8, 4) is 0 Å². The summed E-state index contributed by atoms with van der Waals surface area (Å²) < 4.78 is 0. The fourth-order valence-electron chi connectivity index (χ4n) is 1.72. The van der Waals surface area contributed by atoms with Crippen LogP contribution in [-0.2, 0) is 4.79 Å². The van der Waals surface area contributed by atoms with Gasteiger partial charge in [0, 0.05) is 20.1 Å². The Bertz CT molecular complexity index is 240. The first-order valence-corrected chi connectivity index (χ1v) is 4.73. The van der Waals surface area contributed by atoms with Gasteiger partial charge >= 0.3 is 12.0 Å². The number of carbonyl (C=O) groups excluding carboxylic acids is 1. The van der Waals surface area contributed by atoms with Gasteiger partial charge in [0.25, 0.3) is 0 Å². The van der Waals surface area contributed by atoms with E-state index in [4.69, 9.17) is 5.11 Å². The molecule has 1 fully saturated rings. The van der Waals surface area contributed by atoms with Crippen LogP contribution >= 0.6 is 0 Å². The van der Waals surface area contributed by atoms with Crippen LogP contribution in [0.4, 0.5) is 4.79 Å². The van der Waals surface area contributed by atoms with Gasteiger partial charge in [0.1, 0.15) is 0 Å². The SMILES string of the molecule is CN(C)C(=O)N[C@@H]1CCC[C@@H]1C(=O)O. The average molecular weight is 200 g/mol. The number of aliphatic carboxylic acids is 1. The molecule has 0 spiro atoms. The molecule has 1 rings (SSSR count). The molecule has 1 aliphatic carbocycles. The highest BCUT2D eigenvalue weighted by atomic mass is 16.4. The molecule has 0 aromatic rings. The number of carboxylic acid groups (broad SMARTS) is 1. The Hall–Kier alpha value is -1.26. The van der Waals surface area contributed by atoms with E-state index in [1.165, 1.54) is 4.90 Å². The van der Waals surface area contributed by atoms with Gasteiger partial charge in [-0.05, 0) is 12.8 Å². The fraction of sp³-hybridized carbons (Fsp3) is 0.778. The number of carbonyl (C=O) groups is 2. The molecule has 1 aliphatic rings. The molecule has 0 radical (unpaired) electrons. The molecule has 5 nitrogen and oxygen atoms in total. The molecule has 1 saturated carbocycles. The molecule has 14 heavy (non-hydrogen) atoms. The van der Waals surface area contributed by atoms with Crippen molar-refractivity contribution >= 4 is 12.0 Å². The van der Waals surface area contributed by atoms with Crippen LogP contribution in [-0.4, -0.2) is 42.1 Å². The zero-order valence-corrected chi connectivity index (χ0v) is 8.49. The summed E-state index contributed by atoms with van der Waals surface area (Å²) in [6.45, 7) is 0. The summed E-state index contributed by atoms with van der Waals surface area (Å²) in [5.41, 5.74) is 0. The van der Waals surface area contributed by atoms with Crippen LogP contribution in [0, 0.1) is 5.92 Å². The zero-order valence-electron chi connectivity index (χ0n) is 8.49. The lowest BCUT2D eigenvalue weighted by atomic mass is 10.0. The number of nitrogens with one attached hydrogen (secondary N) is 1. The van der Waals surface area contributed by atoms with Gasteiger partial charge in [-0.2, -0.15) is 0 Å². The summed E-state index contributed by atoms with van der Waals surface area (Å²) in [5.74, 6) is -1.23. The first-order valence-electron chi connectivity index (χ1n) is 4.73. The summed E-state index contributed by atoms with van der Waals surface area (Å²) in [7, 11) is 3.28. The highest BCUT2D eigenvalue weighted by molar-refractivity contribution is 5.76. The third kappa shape index (κ3) is 2.37. The fourth-order valence-corrected chi connectivity index (χ4v) is 1.72. The molecule has 0 aromatic heterocycles. The van der Waals surface area contributed by atoms with E-state index in [2.05, 4.69) is 5.32 Å². The lowest BCUT2D eigenvalue weighted by molar-refractivity contribution is -0.142. The summed E-state index contributed by atoms with van der Waals surface area (Å²) >= 11 is 0. The Kier molecular flexibility index (Phi) is 3.33. The third-order valence-electron chi connectivity index (χ3n) is 2.55. The molecule has 5 heteroatoms. The quantitative estimate of drug-likeness (QED) is 0.682. The number of rotatable bonds is 2. The van der Waals surface area contributed by atoms with Gasteiger partial charge in [0.05, 0.1) is 5.92 Å². The smallest absolute Gasteiger partial charge is 0.317 e. The van der Waals surface area contributed by atoms with Gasteiger partial charge in [0.2, 0.25) is 0 Å². The van der Waals surface area contributed by atoms with Crippen molar-refractivity contribution in [2.24, 2.45) is 5.92 Å². The standard InChI is InChI=1S/C9H16N2O3/c1-11(2)9(14)10-7-5-3-4-6(7)8(12)13/h6-7H,3-5H2,1-2H3,(H,10,14)(H,12,13)/t6-,7+/m0/s1. The lowest BCUT2D eigenvalue weighted by Crippen LogP contribution is -2.44. The minimum absolute atomic E-state index is 0.206. The molecule has 2 amide bonds. The van der Waals surface area contributed by atoms with E-state index in [9.17, 15) is 9.59 Å². The van der Waals surface area contributed by atoms with Gasteiger partial charge in [-0.25, -0.2) is 4.79 Å². The molecule has 0 aliphatic heterocycles. The molecular weight excluding hydrogens is 184 g/mol. The van der Waals surface area contributed by atoms with Crippen molar-refractivity contribution in [3.63, 3.8) is 0 Å². The Morgan fingerprint density at radius 2 is 2.00 bits per heavy atom.